The molecule has 0 aliphatic heterocycles. The molecule has 0 heterocycles. The van der Waals surface area contributed by atoms with E-state index in [4.69, 9.17) is 4.74 Å². The highest BCUT2D eigenvalue weighted by atomic mass is 16.5. The van der Waals surface area contributed by atoms with Crippen molar-refractivity contribution in [2.75, 3.05) is 19.7 Å². The lowest BCUT2D eigenvalue weighted by atomic mass is 10.2. The minimum Gasteiger partial charge on any atom is -0.484 e. The summed E-state index contributed by atoms with van der Waals surface area (Å²) < 4.78 is 5.52. The van der Waals surface area contributed by atoms with Crippen molar-refractivity contribution in [3.8, 4) is 5.75 Å². The van der Waals surface area contributed by atoms with Gasteiger partial charge in [0.05, 0.1) is 0 Å². The van der Waals surface area contributed by atoms with Gasteiger partial charge in [0.2, 0.25) is 0 Å². The van der Waals surface area contributed by atoms with Crippen molar-refractivity contribution in [2.24, 2.45) is 0 Å². The first-order valence-corrected chi connectivity index (χ1v) is 7.23. The Labute approximate surface area is 116 Å². The lowest BCUT2D eigenvalue weighted by Gasteiger charge is -2.22. The number of benzene rings is 1. The molecular formula is C16H25NO2. The molecule has 1 aromatic carbocycles. The Kier molecular flexibility index (Phi) is 7.71. The van der Waals surface area contributed by atoms with Crippen molar-refractivity contribution in [3.05, 3.63) is 30.3 Å². The summed E-state index contributed by atoms with van der Waals surface area (Å²) in [5.41, 5.74) is 0. The van der Waals surface area contributed by atoms with E-state index in [1.54, 1.807) is 0 Å². The second kappa shape index (κ2) is 9.42. The summed E-state index contributed by atoms with van der Waals surface area (Å²) in [5.74, 6) is 0.840. The molecule has 0 bridgehead atoms. The number of amides is 1. The SMILES string of the molecule is CCCCN(CCCC)C(=O)COc1ccccc1. The van der Waals surface area contributed by atoms with Crippen LogP contribution in [0.1, 0.15) is 39.5 Å². The standard InChI is InChI=1S/C16H25NO2/c1-3-5-12-17(13-6-4-2)16(18)14-19-15-10-8-7-9-11-15/h7-11H,3-6,12-14H2,1-2H3. The van der Waals surface area contributed by atoms with Crippen LogP contribution in [0.3, 0.4) is 0 Å². The summed E-state index contributed by atoms with van der Waals surface area (Å²) in [6.45, 7) is 6.10. The van der Waals surface area contributed by atoms with Crippen molar-refractivity contribution in [3.63, 3.8) is 0 Å². The fraction of sp³-hybridized carbons (Fsp3) is 0.562. The Bertz CT molecular complexity index is 343. The van der Waals surface area contributed by atoms with Gasteiger partial charge in [-0.2, -0.15) is 0 Å². The van der Waals surface area contributed by atoms with Crippen LogP contribution >= 0.6 is 0 Å². The number of hydrogen-bond donors (Lipinski definition) is 0. The van der Waals surface area contributed by atoms with Crippen LogP contribution in [0, 0.1) is 0 Å². The van der Waals surface area contributed by atoms with Crippen molar-refractivity contribution >= 4 is 5.91 Å². The summed E-state index contributed by atoms with van der Waals surface area (Å²) in [5, 5.41) is 0. The molecule has 0 aliphatic carbocycles. The molecule has 0 fully saturated rings. The van der Waals surface area contributed by atoms with Crippen LogP contribution in [0.5, 0.6) is 5.75 Å². The first-order chi connectivity index (χ1) is 9.27. The monoisotopic (exact) mass is 263 g/mol. The van der Waals surface area contributed by atoms with Gasteiger partial charge in [0.25, 0.3) is 5.91 Å². The van der Waals surface area contributed by atoms with Gasteiger partial charge in [-0.1, -0.05) is 44.9 Å². The number of rotatable bonds is 9. The van der Waals surface area contributed by atoms with E-state index in [0.29, 0.717) is 0 Å². The summed E-state index contributed by atoms with van der Waals surface area (Å²) in [7, 11) is 0. The maximum absolute atomic E-state index is 12.1. The third-order valence-electron chi connectivity index (χ3n) is 3.02. The molecule has 0 spiro atoms. The van der Waals surface area contributed by atoms with Crippen molar-refractivity contribution < 1.29 is 9.53 Å². The molecule has 0 aromatic heterocycles. The maximum Gasteiger partial charge on any atom is 0.260 e. The van der Waals surface area contributed by atoms with E-state index in [1.807, 2.05) is 35.2 Å². The zero-order chi connectivity index (χ0) is 13.9. The summed E-state index contributed by atoms with van der Waals surface area (Å²) in [6, 6.07) is 9.49. The van der Waals surface area contributed by atoms with Crippen molar-refractivity contribution in [1.82, 2.24) is 4.90 Å². The predicted octanol–water partition coefficient (Wildman–Crippen LogP) is 3.49. The zero-order valence-corrected chi connectivity index (χ0v) is 12.1. The summed E-state index contributed by atoms with van der Waals surface area (Å²) >= 11 is 0. The van der Waals surface area contributed by atoms with Gasteiger partial charge in [-0.3, -0.25) is 4.79 Å². The number of para-hydroxylation sites is 1. The minimum absolute atomic E-state index is 0.0887. The highest BCUT2D eigenvalue weighted by molar-refractivity contribution is 5.77. The van der Waals surface area contributed by atoms with Gasteiger partial charge in [0, 0.05) is 13.1 Å². The topological polar surface area (TPSA) is 29.5 Å². The molecule has 0 unspecified atom stereocenters. The van der Waals surface area contributed by atoms with Crippen LogP contribution in [0.15, 0.2) is 30.3 Å². The lowest BCUT2D eigenvalue weighted by Crippen LogP contribution is -2.36. The second-order valence-corrected chi connectivity index (χ2v) is 4.69. The van der Waals surface area contributed by atoms with Crippen LogP contribution in [-0.4, -0.2) is 30.5 Å². The Balaban J connectivity index is 2.41. The van der Waals surface area contributed by atoms with Crippen molar-refractivity contribution in [2.45, 2.75) is 39.5 Å². The van der Waals surface area contributed by atoms with Gasteiger partial charge in [-0.15, -0.1) is 0 Å². The predicted molar refractivity (Wildman–Crippen MR) is 78.3 cm³/mol. The molecule has 0 aliphatic rings. The molecule has 3 heteroatoms. The number of carbonyl (C=O) groups is 1. The van der Waals surface area contributed by atoms with Gasteiger partial charge in [0.15, 0.2) is 6.61 Å². The Morgan fingerprint density at radius 1 is 1.05 bits per heavy atom. The van der Waals surface area contributed by atoms with Gasteiger partial charge < -0.3 is 9.64 Å². The molecule has 0 saturated heterocycles. The number of carbonyl (C=O) groups excluding carboxylic acids is 1. The fourth-order valence-electron chi connectivity index (χ4n) is 1.81. The average molecular weight is 263 g/mol. The van der Waals surface area contributed by atoms with Gasteiger partial charge >= 0.3 is 0 Å². The molecule has 0 atom stereocenters. The van der Waals surface area contributed by atoms with Crippen LogP contribution in [0.2, 0.25) is 0 Å². The lowest BCUT2D eigenvalue weighted by molar-refractivity contribution is -0.133. The van der Waals surface area contributed by atoms with Gasteiger partial charge in [-0.05, 0) is 25.0 Å². The number of ether oxygens (including phenoxy) is 1. The molecule has 1 amide bonds. The van der Waals surface area contributed by atoms with Gasteiger partial charge in [-0.25, -0.2) is 0 Å². The smallest absolute Gasteiger partial charge is 0.260 e. The molecule has 1 rings (SSSR count). The van der Waals surface area contributed by atoms with E-state index in [-0.39, 0.29) is 12.5 Å². The highest BCUT2D eigenvalue weighted by Gasteiger charge is 2.12. The maximum atomic E-state index is 12.1. The largest absolute Gasteiger partial charge is 0.484 e. The molecule has 0 radical (unpaired) electrons. The number of unbranched alkanes of at least 4 members (excludes halogenated alkanes) is 2. The van der Waals surface area contributed by atoms with E-state index in [2.05, 4.69) is 13.8 Å². The first kappa shape index (κ1) is 15.5. The fourth-order valence-corrected chi connectivity index (χ4v) is 1.81. The Morgan fingerprint density at radius 3 is 2.16 bits per heavy atom. The first-order valence-electron chi connectivity index (χ1n) is 7.23. The van der Waals surface area contributed by atoms with Crippen LogP contribution in [0.4, 0.5) is 0 Å². The number of nitrogens with zero attached hydrogens (tertiary/aromatic N) is 1. The Hall–Kier alpha value is -1.51. The van der Waals surface area contributed by atoms with E-state index in [0.717, 1.165) is 44.5 Å². The third-order valence-corrected chi connectivity index (χ3v) is 3.02. The van der Waals surface area contributed by atoms with E-state index in [1.165, 1.54) is 0 Å². The molecule has 106 valence electrons. The quantitative estimate of drug-likeness (QED) is 0.682. The van der Waals surface area contributed by atoms with Gasteiger partial charge in [0.1, 0.15) is 5.75 Å². The van der Waals surface area contributed by atoms with E-state index >= 15 is 0 Å². The average Bonchev–Trinajstić information content (AvgIpc) is 2.46. The molecule has 0 N–H and O–H groups in total. The molecule has 0 saturated carbocycles. The summed E-state index contributed by atoms with van der Waals surface area (Å²) in [4.78, 5) is 14.1. The van der Waals surface area contributed by atoms with E-state index < -0.39 is 0 Å². The molecule has 1 aromatic rings. The Morgan fingerprint density at radius 2 is 1.63 bits per heavy atom. The second-order valence-electron chi connectivity index (χ2n) is 4.69. The minimum atomic E-state index is 0.0887. The van der Waals surface area contributed by atoms with Crippen LogP contribution < -0.4 is 4.74 Å². The van der Waals surface area contributed by atoms with Crippen LogP contribution in [0.25, 0.3) is 0 Å². The molecular weight excluding hydrogens is 238 g/mol. The highest BCUT2D eigenvalue weighted by Crippen LogP contribution is 2.09. The third kappa shape index (κ3) is 6.27. The normalized spacial score (nSPS) is 10.2. The molecule has 3 nitrogen and oxygen atoms in total. The number of hydrogen-bond acceptors (Lipinski definition) is 2. The summed E-state index contributed by atoms with van der Waals surface area (Å²) in [6.07, 6.45) is 4.33. The van der Waals surface area contributed by atoms with Crippen molar-refractivity contribution in [1.29, 1.82) is 0 Å². The zero-order valence-electron chi connectivity index (χ0n) is 12.1. The van der Waals surface area contributed by atoms with Crippen LogP contribution in [-0.2, 0) is 4.79 Å². The van der Waals surface area contributed by atoms with E-state index in [9.17, 15) is 4.79 Å². The molecule has 19 heavy (non-hydrogen) atoms.